The highest BCUT2D eigenvalue weighted by Gasteiger charge is 2.12. The summed E-state index contributed by atoms with van der Waals surface area (Å²) in [5, 5.41) is 8.51. The van der Waals surface area contributed by atoms with Gasteiger partial charge in [-0.05, 0) is 12.0 Å². The molecule has 0 bridgehead atoms. The Hall–Kier alpha value is -1.51. The third-order valence-corrected chi connectivity index (χ3v) is 2.59. The standard InChI is InChI=1S/C13H18O3/c1-2-3-7-12(10-16-13(14)15)11-8-5-4-6-9-11/h4-6,8-9,12H,2-3,7,10H2,1H3,(H,14,15). The van der Waals surface area contributed by atoms with E-state index in [1.807, 2.05) is 30.3 Å². The van der Waals surface area contributed by atoms with E-state index in [0.717, 1.165) is 24.8 Å². The van der Waals surface area contributed by atoms with E-state index < -0.39 is 6.16 Å². The zero-order valence-electron chi connectivity index (χ0n) is 9.56. The van der Waals surface area contributed by atoms with Gasteiger partial charge < -0.3 is 9.84 Å². The molecular formula is C13H18O3. The maximum atomic E-state index is 10.4. The van der Waals surface area contributed by atoms with E-state index in [2.05, 4.69) is 11.7 Å². The van der Waals surface area contributed by atoms with Crippen molar-refractivity contribution in [1.29, 1.82) is 0 Å². The summed E-state index contributed by atoms with van der Waals surface area (Å²) in [5.74, 6) is 0.178. The number of ether oxygens (including phenoxy) is 1. The lowest BCUT2D eigenvalue weighted by molar-refractivity contribution is 0.0847. The molecule has 1 rings (SSSR count). The summed E-state index contributed by atoms with van der Waals surface area (Å²) in [6.45, 7) is 2.37. The van der Waals surface area contributed by atoms with Crippen LogP contribution >= 0.6 is 0 Å². The number of unbranched alkanes of at least 4 members (excludes halogenated alkanes) is 1. The lowest BCUT2D eigenvalue weighted by Crippen LogP contribution is -2.11. The Morgan fingerprint density at radius 1 is 1.38 bits per heavy atom. The summed E-state index contributed by atoms with van der Waals surface area (Å²) in [4.78, 5) is 10.4. The molecule has 0 aromatic heterocycles. The van der Waals surface area contributed by atoms with Gasteiger partial charge in [0.25, 0.3) is 0 Å². The highest BCUT2D eigenvalue weighted by molar-refractivity contribution is 5.56. The summed E-state index contributed by atoms with van der Waals surface area (Å²) in [5.41, 5.74) is 1.15. The van der Waals surface area contributed by atoms with Crippen molar-refractivity contribution in [3.05, 3.63) is 35.9 Å². The normalized spacial score (nSPS) is 12.1. The van der Waals surface area contributed by atoms with E-state index in [0.29, 0.717) is 0 Å². The van der Waals surface area contributed by atoms with E-state index in [-0.39, 0.29) is 12.5 Å². The van der Waals surface area contributed by atoms with Gasteiger partial charge in [-0.3, -0.25) is 0 Å². The number of carbonyl (C=O) groups is 1. The van der Waals surface area contributed by atoms with E-state index >= 15 is 0 Å². The summed E-state index contributed by atoms with van der Waals surface area (Å²) in [6, 6.07) is 9.93. The monoisotopic (exact) mass is 222 g/mol. The minimum Gasteiger partial charge on any atom is -0.450 e. The molecule has 0 saturated heterocycles. The van der Waals surface area contributed by atoms with Crippen LogP contribution in [0.25, 0.3) is 0 Å². The summed E-state index contributed by atoms with van der Waals surface area (Å²) in [7, 11) is 0. The Balaban J connectivity index is 2.59. The first-order valence-electron chi connectivity index (χ1n) is 5.64. The zero-order chi connectivity index (χ0) is 11.8. The minimum absolute atomic E-state index is 0.178. The average Bonchev–Trinajstić information content (AvgIpc) is 2.30. The number of rotatable bonds is 6. The van der Waals surface area contributed by atoms with Crippen molar-refractivity contribution in [3.8, 4) is 0 Å². The fourth-order valence-electron chi connectivity index (χ4n) is 1.69. The summed E-state index contributed by atoms with van der Waals surface area (Å²) >= 11 is 0. The SMILES string of the molecule is CCCCC(COC(=O)O)c1ccccc1. The van der Waals surface area contributed by atoms with Gasteiger partial charge in [0.1, 0.15) is 6.61 Å². The van der Waals surface area contributed by atoms with Crippen molar-refractivity contribution in [2.24, 2.45) is 0 Å². The molecule has 1 aromatic rings. The Kier molecular flexibility index (Phi) is 5.40. The second kappa shape index (κ2) is 6.88. The fraction of sp³-hybridized carbons (Fsp3) is 0.462. The predicted octanol–water partition coefficient (Wildman–Crippen LogP) is 3.66. The van der Waals surface area contributed by atoms with Gasteiger partial charge >= 0.3 is 6.16 Å². The maximum absolute atomic E-state index is 10.4. The number of hydrogen-bond acceptors (Lipinski definition) is 2. The molecular weight excluding hydrogens is 204 g/mol. The highest BCUT2D eigenvalue weighted by Crippen LogP contribution is 2.22. The molecule has 88 valence electrons. The van der Waals surface area contributed by atoms with Crippen LogP contribution < -0.4 is 0 Å². The van der Waals surface area contributed by atoms with Crippen LogP contribution in [0.1, 0.15) is 37.7 Å². The number of hydrogen-bond donors (Lipinski definition) is 1. The summed E-state index contributed by atoms with van der Waals surface area (Å²) < 4.78 is 4.67. The van der Waals surface area contributed by atoms with E-state index in [4.69, 9.17) is 5.11 Å². The van der Waals surface area contributed by atoms with Gasteiger partial charge in [0.05, 0.1) is 0 Å². The van der Waals surface area contributed by atoms with Crippen molar-refractivity contribution in [1.82, 2.24) is 0 Å². The van der Waals surface area contributed by atoms with E-state index in [1.165, 1.54) is 0 Å². The second-order valence-electron chi connectivity index (χ2n) is 3.83. The molecule has 0 fully saturated rings. The quantitative estimate of drug-likeness (QED) is 0.747. The van der Waals surface area contributed by atoms with Crippen LogP contribution in [-0.4, -0.2) is 17.9 Å². The van der Waals surface area contributed by atoms with Crippen LogP contribution in [0, 0.1) is 0 Å². The molecule has 0 radical (unpaired) electrons. The van der Waals surface area contributed by atoms with Gasteiger partial charge in [0, 0.05) is 5.92 Å². The van der Waals surface area contributed by atoms with Crippen LogP contribution in [0.4, 0.5) is 4.79 Å². The molecule has 1 atom stereocenters. The van der Waals surface area contributed by atoms with Crippen LogP contribution in [0.3, 0.4) is 0 Å². The molecule has 1 unspecified atom stereocenters. The van der Waals surface area contributed by atoms with Gasteiger partial charge in [-0.15, -0.1) is 0 Å². The topological polar surface area (TPSA) is 46.5 Å². The third kappa shape index (κ3) is 4.34. The van der Waals surface area contributed by atoms with Crippen LogP contribution in [0.5, 0.6) is 0 Å². The highest BCUT2D eigenvalue weighted by atomic mass is 16.7. The second-order valence-corrected chi connectivity index (χ2v) is 3.83. The molecule has 3 nitrogen and oxygen atoms in total. The average molecular weight is 222 g/mol. The third-order valence-electron chi connectivity index (χ3n) is 2.59. The molecule has 0 aliphatic rings. The molecule has 0 heterocycles. The first-order chi connectivity index (χ1) is 7.74. The Morgan fingerprint density at radius 3 is 2.62 bits per heavy atom. The molecule has 1 N–H and O–H groups in total. The van der Waals surface area contributed by atoms with Crippen LogP contribution in [0.2, 0.25) is 0 Å². The smallest absolute Gasteiger partial charge is 0.450 e. The molecule has 1 aromatic carbocycles. The lowest BCUT2D eigenvalue weighted by atomic mass is 9.94. The van der Waals surface area contributed by atoms with Crippen molar-refractivity contribution in [2.45, 2.75) is 32.1 Å². The number of carboxylic acid groups (broad SMARTS) is 1. The zero-order valence-corrected chi connectivity index (χ0v) is 9.56. The largest absolute Gasteiger partial charge is 0.505 e. The molecule has 0 spiro atoms. The first-order valence-corrected chi connectivity index (χ1v) is 5.64. The Bertz CT molecular complexity index is 308. The van der Waals surface area contributed by atoms with Gasteiger partial charge in [0.15, 0.2) is 0 Å². The molecule has 0 aliphatic carbocycles. The Morgan fingerprint density at radius 2 is 2.06 bits per heavy atom. The first kappa shape index (κ1) is 12.6. The van der Waals surface area contributed by atoms with Gasteiger partial charge in [-0.1, -0.05) is 50.1 Å². The van der Waals surface area contributed by atoms with Crippen molar-refractivity contribution >= 4 is 6.16 Å². The predicted molar refractivity (Wildman–Crippen MR) is 62.7 cm³/mol. The number of benzene rings is 1. The molecule has 3 heteroatoms. The lowest BCUT2D eigenvalue weighted by Gasteiger charge is -2.15. The fourth-order valence-corrected chi connectivity index (χ4v) is 1.69. The van der Waals surface area contributed by atoms with E-state index in [1.54, 1.807) is 0 Å². The molecule has 0 aliphatic heterocycles. The van der Waals surface area contributed by atoms with E-state index in [9.17, 15) is 4.79 Å². The summed E-state index contributed by atoms with van der Waals surface area (Å²) in [6.07, 6.45) is 1.96. The molecule has 0 saturated carbocycles. The maximum Gasteiger partial charge on any atom is 0.505 e. The molecule has 16 heavy (non-hydrogen) atoms. The molecule has 0 amide bonds. The van der Waals surface area contributed by atoms with Gasteiger partial charge in [-0.2, -0.15) is 0 Å². The minimum atomic E-state index is -1.20. The van der Waals surface area contributed by atoms with Crippen molar-refractivity contribution in [3.63, 3.8) is 0 Å². The Labute approximate surface area is 96.1 Å². The van der Waals surface area contributed by atoms with Gasteiger partial charge in [0.2, 0.25) is 0 Å². The van der Waals surface area contributed by atoms with Crippen molar-refractivity contribution < 1.29 is 14.6 Å². The van der Waals surface area contributed by atoms with Crippen LogP contribution in [-0.2, 0) is 4.74 Å². The van der Waals surface area contributed by atoms with Crippen LogP contribution in [0.15, 0.2) is 30.3 Å². The van der Waals surface area contributed by atoms with Gasteiger partial charge in [-0.25, -0.2) is 4.79 Å². The van der Waals surface area contributed by atoms with Crippen molar-refractivity contribution in [2.75, 3.05) is 6.61 Å².